The second-order valence-electron chi connectivity index (χ2n) is 10.9. The van der Waals surface area contributed by atoms with Crippen LogP contribution in [-0.2, 0) is 6.42 Å². The number of halogens is 2. The molecule has 0 fully saturated rings. The van der Waals surface area contributed by atoms with Crippen LogP contribution in [0.15, 0.2) is 35.9 Å². The van der Waals surface area contributed by atoms with Gasteiger partial charge in [-0.25, -0.2) is 0 Å². The quantitative estimate of drug-likeness (QED) is 0.0802. The van der Waals surface area contributed by atoms with Crippen LogP contribution < -0.4 is 9.47 Å². The van der Waals surface area contributed by atoms with E-state index in [0.717, 1.165) is 67.5 Å². The molecule has 0 heterocycles. The lowest BCUT2D eigenvalue weighted by atomic mass is 9.73. The number of hydrogen-bond donors (Lipinski definition) is 0. The normalized spacial score (nSPS) is 17.5. The van der Waals surface area contributed by atoms with Crippen LogP contribution in [0.2, 0.25) is 0 Å². The molecule has 0 radical (unpaired) electrons. The van der Waals surface area contributed by atoms with Crippen LogP contribution in [-0.4, -0.2) is 23.9 Å². The highest BCUT2D eigenvalue weighted by Crippen LogP contribution is 2.47. The van der Waals surface area contributed by atoms with Crippen LogP contribution in [0.3, 0.4) is 0 Å². The summed E-state index contributed by atoms with van der Waals surface area (Å²) < 4.78 is 13.3. The molecule has 0 unspecified atom stereocenters. The van der Waals surface area contributed by atoms with Gasteiger partial charge in [-0.1, -0.05) is 101 Å². The van der Waals surface area contributed by atoms with Crippen LogP contribution in [0, 0.1) is 5.92 Å². The first-order chi connectivity index (χ1) is 18.0. The van der Waals surface area contributed by atoms with E-state index in [0.29, 0.717) is 5.92 Å². The topological polar surface area (TPSA) is 18.5 Å². The standard InChI is InChI=1S/C33H52Br2O2/c1-5-6-11-16-28-24-31(36-21-14-9-7-12-19-34)33(30-23-27(4)17-18-29(30)26(2)3)32(25-28)37-22-15-10-8-13-20-35/h23-25,29-30H,2,5-22H2,1,3-4H3/t29-,30+/m0/s1. The van der Waals surface area contributed by atoms with Crippen molar-refractivity contribution in [3.63, 3.8) is 0 Å². The average molecular weight is 641 g/mol. The SMILES string of the molecule is C=C(C)[C@@H]1CCC(C)=C[C@H]1c1c(OCCCCCCBr)cc(CCCCC)cc1OCCCCCCBr. The molecule has 210 valence electrons. The molecule has 2 atom stereocenters. The minimum Gasteiger partial charge on any atom is -0.493 e. The number of unbranched alkanes of at least 4 members (excludes halogenated alkanes) is 8. The van der Waals surface area contributed by atoms with Crippen molar-refractivity contribution in [1.29, 1.82) is 0 Å². The van der Waals surface area contributed by atoms with Crippen molar-refractivity contribution < 1.29 is 9.47 Å². The zero-order chi connectivity index (χ0) is 26.9. The van der Waals surface area contributed by atoms with E-state index in [4.69, 9.17) is 9.47 Å². The second kappa shape index (κ2) is 19.3. The van der Waals surface area contributed by atoms with E-state index in [-0.39, 0.29) is 5.92 Å². The Morgan fingerprint density at radius 2 is 1.43 bits per heavy atom. The predicted octanol–water partition coefficient (Wildman–Crippen LogP) is 11.1. The Morgan fingerprint density at radius 1 is 0.865 bits per heavy atom. The Hall–Kier alpha value is -0.740. The summed E-state index contributed by atoms with van der Waals surface area (Å²) in [4.78, 5) is 0. The summed E-state index contributed by atoms with van der Waals surface area (Å²) >= 11 is 7.10. The van der Waals surface area contributed by atoms with Gasteiger partial charge in [0.15, 0.2) is 0 Å². The van der Waals surface area contributed by atoms with E-state index in [1.807, 2.05) is 0 Å². The zero-order valence-corrected chi connectivity index (χ0v) is 27.1. The number of hydrogen-bond acceptors (Lipinski definition) is 2. The average Bonchev–Trinajstić information content (AvgIpc) is 2.88. The van der Waals surface area contributed by atoms with Gasteiger partial charge in [0.25, 0.3) is 0 Å². The summed E-state index contributed by atoms with van der Waals surface area (Å²) in [7, 11) is 0. The number of ether oxygens (including phenoxy) is 2. The Labute approximate surface area is 245 Å². The van der Waals surface area contributed by atoms with Crippen LogP contribution in [0.5, 0.6) is 11.5 Å². The lowest BCUT2D eigenvalue weighted by molar-refractivity contribution is 0.278. The fourth-order valence-electron chi connectivity index (χ4n) is 5.32. The monoisotopic (exact) mass is 638 g/mol. The third kappa shape index (κ3) is 11.9. The number of rotatable bonds is 20. The molecule has 1 aromatic carbocycles. The van der Waals surface area contributed by atoms with Gasteiger partial charge in [0, 0.05) is 22.1 Å². The molecular formula is C33H52Br2O2. The first-order valence-electron chi connectivity index (χ1n) is 14.9. The van der Waals surface area contributed by atoms with Crippen molar-refractivity contribution in [3.05, 3.63) is 47.1 Å². The summed E-state index contributed by atoms with van der Waals surface area (Å²) in [5.41, 5.74) is 5.34. The summed E-state index contributed by atoms with van der Waals surface area (Å²) in [5, 5.41) is 2.18. The van der Waals surface area contributed by atoms with Crippen molar-refractivity contribution in [1.82, 2.24) is 0 Å². The minimum atomic E-state index is 0.266. The van der Waals surface area contributed by atoms with Gasteiger partial charge in [0.2, 0.25) is 0 Å². The van der Waals surface area contributed by atoms with E-state index in [1.54, 1.807) is 0 Å². The molecule has 0 saturated carbocycles. The van der Waals surface area contributed by atoms with Gasteiger partial charge in [0.1, 0.15) is 11.5 Å². The smallest absolute Gasteiger partial charge is 0.127 e. The second-order valence-corrected chi connectivity index (χ2v) is 12.5. The maximum absolute atomic E-state index is 6.63. The Bertz CT molecular complexity index is 780. The molecular weight excluding hydrogens is 588 g/mol. The largest absolute Gasteiger partial charge is 0.493 e. The zero-order valence-electron chi connectivity index (χ0n) is 23.9. The van der Waals surface area contributed by atoms with Crippen LogP contribution in [0.4, 0.5) is 0 Å². The molecule has 0 aromatic heterocycles. The van der Waals surface area contributed by atoms with Gasteiger partial charge >= 0.3 is 0 Å². The highest BCUT2D eigenvalue weighted by molar-refractivity contribution is 9.09. The Kier molecular flexibility index (Phi) is 17.0. The van der Waals surface area contributed by atoms with Crippen LogP contribution in [0.25, 0.3) is 0 Å². The van der Waals surface area contributed by atoms with Gasteiger partial charge in [-0.2, -0.15) is 0 Å². The van der Waals surface area contributed by atoms with Crippen molar-refractivity contribution in [2.75, 3.05) is 23.9 Å². The number of alkyl halides is 2. The molecule has 2 nitrogen and oxygen atoms in total. The fourth-order valence-corrected chi connectivity index (χ4v) is 6.11. The molecule has 0 N–H and O–H groups in total. The summed E-state index contributed by atoms with van der Waals surface area (Å²) in [6.45, 7) is 12.7. The van der Waals surface area contributed by atoms with E-state index < -0.39 is 0 Å². The van der Waals surface area contributed by atoms with Crippen LogP contribution >= 0.6 is 31.9 Å². The third-order valence-corrected chi connectivity index (χ3v) is 8.64. The van der Waals surface area contributed by atoms with E-state index >= 15 is 0 Å². The lowest BCUT2D eigenvalue weighted by Gasteiger charge is -2.33. The molecule has 1 aliphatic rings. The van der Waals surface area contributed by atoms with Gasteiger partial charge in [0.05, 0.1) is 13.2 Å². The number of benzene rings is 1. The highest BCUT2D eigenvalue weighted by atomic mass is 79.9. The predicted molar refractivity (Wildman–Crippen MR) is 169 cm³/mol. The van der Waals surface area contributed by atoms with E-state index in [1.165, 1.54) is 80.1 Å². The number of aryl methyl sites for hydroxylation is 1. The molecule has 37 heavy (non-hydrogen) atoms. The lowest BCUT2D eigenvalue weighted by Crippen LogP contribution is -2.19. The number of allylic oxidation sites excluding steroid dienone is 3. The molecule has 1 aliphatic carbocycles. The first-order valence-corrected chi connectivity index (χ1v) is 17.1. The minimum absolute atomic E-state index is 0.266. The molecule has 1 aromatic rings. The van der Waals surface area contributed by atoms with E-state index in [2.05, 4.69) is 77.4 Å². The molecule has 4 heteroatoms. The summed E-state index contributed by atoms with van der Waals surface area (Å²) in [6, 6.07) is 4.67. The molecule has 0 spiro atoms. The first kappa shape index (κ1) is 32.5. The van der Waals surface area contributed by atoms with Gasteiger partial charge in [-0.15, -0.1) is 0 Å². The van der Waals surface area contributed by atoms with Crippen molar-refractivity contribution in [3.8, 4) is 11.5 Å². The molecule has 0 aliphatic heterocycles. The van der Waals surface area contributed by atoms with Gasteiger partial charge < -0.3 is 9.47 Å². The molecule has 0 bridgehead atoms. The molecule has 0 saturated heterocycles. The maximum Gasteiger partial charge on any atom is 0.127 e. The highest BCUT2D eigenvalue weighted by Gasteiger charge is 2.31. The van der Waals surface area contributed by atoms with Crippen molar-refractivity contribution >= 4 is 31.9 Å². The van der Waals surface area contributed by atoms with Crippen molar-refractivity contribution in [2.24, 2.45) is 5.92 Å². The summed E-state index contributed by atoms with van der Waals surface area (Å²) in [5.74, 6) is 2.79. The van der Waals surface area contributed by atoms with Gasteiger partial charge in [-0.3, -0.25) is 0 Å². The molecule has 0 amide bonds. The van der Waals surface area contributed by atoms with Crippen LogP contribution in [0.1, 0.15) is 121 Å². The third-order valence-electron chi connectivity index (χ3n) is 7.52. The van der Waals surface area contributed by atoms with Crippen molar-refractivity contribution in [2.45, 2.75) is 117 Å². The Morgan fingerprint density at radius 3 is 1.95 bits per heavy atom. The molecule has 2 rings (SSSR count). The maximum atomic E-state index is 6.63. The van der Waals surface area contributed by atoms with Gasteiger partial charge in [-0.05, 0) is 88.8 Å². The Balaban J connectivity index is 2.37. The summed E-state index contributed by atoms with van der Waals surface area (Å²) in [6.07, 6.45) is 19.2. The fraction of sp³-hybridized carbons (Fsp3) is 0.697. The van der Waals surface area contributed by atoms with E-state index in [9.17, 15) is 0 Å².